The van der Waals surface area contributed by atoms with Crippen LogP contribution in [0.1, 0.15) is 20.8 Å². The van der Waals surface area contributed by atoms with Gasteiger partial charge in [0.25, 0.3) is 0 Å². The fourth-order valence-corrected chi connectivity index (χ4v) is 1.85. The molecule has 0 spiro atoms. The van der Waals surface area contributed by atoms with Crippen LogP contribution >= 0.6 is 8.03 Å². The van der Waals surface area contributed by atoms with Crippen LogP contribution < -0.4 is 4.74 Å². The summed E-state index contributed by atoms with van der Waals surface area (Å²) >= 11 is 0. The summed E-state index contributed by atoms with van der Waals surface area (Å²) in [5.74, 6) is 0.654. The number of hydrogen-bond acceptors (Lipinski definition) is 2. The molecule has 86 valence electrons. The minimum atomic E-state index is -2.36. The Balaban J connectivity index is 2.86. The van der Waals surface area contributed by atoms with E-state index in [1.54, 1.807) is 12.1 Å². The van der Waals surface area contributed by atoms with Crippen LogP contribution in [0, 0.1) is 5.41 Å². The van der Waals surface area contributed by atoms with Gasteiger partial charge < -0.3 is 4.74 Å². The van der Waals surface area contributed by atoms with Crippen LogP contribution in [0.5, 0.6) is 5.75 Å². The van der Waals surface area contributed by atoms with Gasteiger partial charge in [-0.25, -0.2) is 0 Å². The average molecular weight is 239 g/mol. The Hall–Kier alpha value is -1.18. The summed E-state index contributed by atoms with van der Waals surface area (Å²) in [6.07, 6.45) is 1.37. The van der Waals surface area contributed by atoms with Crippen molar-refractivity contribution >= 4 is 8.03 Å². The van der Waals surface area contributed by atoms with Gasteiger partial charge in [0.1, 0.15) is 12.0 Å². The second-order valence-corrected chi connectivity index (χ2v) is 5.48. The van der Waals surface area contributed by atoms with Gasteiger partial charge in [0.05, 0.1) is 0 Å². The number of ether oxygens (including phenoxy) is 1. The van der Waals surface area contributed by atoms with Gasteiger partial charge in [-0.15, -0.1) is 0 Å². The quantitative estimate of drug-likeness (QED) is 0.646. The van der Waals surface area contributed by atoms with Crippen LogP contribution in [0.3, 0.4) is 0 Å². The lowest BCUT2D eigenvalue weighted by atomic mass is 9.97. The Labute approximate surface area is 96.6 Å². The van der Waals surface area contributed by atoms with Crippen molar-refractivity contribution in [1.29, 1.82) is 0 Å². The zero-order valence-electron chi connectivity index (χ0n) is 9.68. The lowest BCUT2D eigenvalue weighted by molar-refractivity contribution is 0.432. The summed E-state index contributed by atoms with van der Waals surface area (Å²) in [6, 6.07) is 9.16. The van der Waals surface area contributed by atoms with Crippen molar-refractivity contribution in [3.05, 3.63) is 41.9 Å². The summed E-state index contributed by atoms with van der Waals surface area (Å²) in [5.41, 5.74) is -0.378. The highest BCUT2D eigenvalue weighted by Gasteiger charge is 2.34. The lowest BCUT2D eigenvalue weighted by Crippen LogP contribution is -2.07. The van der Waals surface area contributed by atoms with Crippen LogP contribution in [0.25, 0.3) is 0 Å². The molecule has 0 saturated heterocycles. The fraction of sp³-hybridized carbons (Fsp3) is 0.333. The highest BCUT2D eigenvalue weighted by atomic mass is 31.1. The number of allylic oxidation sites excluding steroid dienone is 1. The third-order valence-electron chi connectivity index (χ3n) is 2.02. The van der Waals surface area contributed by atoms with Crippen molar-refractivity contribution < 1.29 is 14.2 Å². The molecular weight excluding hydrogens is 223 g/mol. The molecule has 0 bridgehead atoms. The molecule has 0 aliphatic rings. The Morgan fingerprint density at radius 3 is 2.31 bits per heavy atom. The Bertz CT molecular complexity index is 390. The Kier molecular flexibility index (Phi) is 4.22. The molecule has 1 unspecified atom stereocenters. The molecule has 1 aromatic rings. The van der Waals surface area contributed by atoms with E-state index < -0.39 is 8.03 Å². The van der Waals surface area contributed by atoms with Crippen LogP contribution in [-0.4, -0.2) is 4.89 Å². The SMILES string of the molecule is CC(C)(C)/C(=C\Oc1ccccc1)[P+](=O)O. The fourth-order valence-electron chi connectivity index (χ4n) is 1.13. The zero-order valence-corrected chi connectivity index (χ0v) is 10.6. The van der Waals surface area contributed by atoms with Gasteiger partial charge in [0, 0.05) is 5.41 Å². The van der Waals surface area contributed by atoms with Crippen LogP contribution in [0.2, 0.25) is 0 Å². The first-order valence-electron chi connectivity index (χ1n) is 5.00. The molecule has 4 heteroatoms. The molecular formula is C12H16O3P+. The summed E-state index contributed by atoms with van der Waals surface area (Å²) in [6.45, 7) is 5.62. The molecule has 0 amide bonds. The first kappa shape index (κ1) is 12.9. The molecule has 1 N–H and O–H groups in total. The topological polar surface area (TPSA) is 46.5 Å². The monoisotopic (exact) mass is 239 g/mol. The Morgan fingerprint density at radius 1 is 1.31 bits per heavy atom. The number of benzene rings is 1. The van der Waals surface area contributed by atoms with E-state index in [0.717, 1.165) is 0 Å². The van der Waals surface area contributed by atoms with Crippen LogP contribution in [0.15, 0.2) is 41.9 Å². The largest absolute Gasteiger partial charge is 0.545 e. The minimum Gasteiger partial charge on any atom is -0.460 e. The first-order chi connectivity index (χ1) is 7.41. The van der Waals surface area contributed by atoms with Gasteiger partial charge in [-0.05, 0) is 16.7 Å². The smallest absolute Gasteiger partial charge is 0.460 e. The van der Waals surface area contributed by atoms with Gasteiger partial charge in [-0.1, -0.05) is 39.0 Å². The average Bonchev–Trinajstić information content (AvgIpc) is 2.17. The summed E-state index contributed by atoms with van der Waals surface area (Å²) in [4.78, 5) is 9.19. The number of para-hydroxylation sites is 1. The highest BCUT2D eigenvalue weighted by Crippen LogP contribution is 2.41. The molecule has 0 fully saturated rings. The standard InChI is InChI=1S/C12H15O3P/c1-12(2,3)11(16(13)14)9-15-10-7-5-4-6-8-10/h4-9H,1-3H3/p+1/b11-9+. The van der Waals surface area contributed by atoms with E-state index >= 15 is 0 Å². The minimum absolute atomic E-state index is 0.378. The van der Waals surface area contributed by atoms with Gasteiger partial charge in [-0.3, -0.25) is 0 Å². The molecule has 0 aliphatic heterocycles. The molecule has 0 radical (unpaired) electrons. The van der Waals surface area contributed by atoms with Crippen molar-refractivity contribution in [2.24, 2.45) is 5.41 Å². The number of hydrogen-bond donors (Lipinski definition) is 1. The maximum atomic E-state index is 11.2. The molecule has 0 aliphatic carbocycles. The summed E-state index contributed by atoms with van der Waals surface area (Å²) in [5, 5.41) is 0.395. The van der Waals surface area contributed by atoms with Crippen molar-refractivity contribution in [3.63, 3.8) is 0 Å². The van der Waals surface area contributed by atoms with E-state index in [4.69, 9.17) is 4.74 Å². The second kappa shape index (κ2) is 5.24. The summed E-state index contributed by atoms with van der Waals surface area (Å²) in [7, 11) is -2.36. The maximum Gasteiger partial charge on any atom is 0.545 e. The first-order valence-corrected chi connectivity index (χ1v) is 6.21. The van der Waals surface area contributed by atoms with Gasteiger partial charge >= 0.3 is 8.03 Å². The molecule has 0 heterocycles. The van der Waals surface area contributed by atoms with Crippen molar-refractivity contribution in [3.8, 4) is 5.75 Å². The van der Waals surface area contributed by atoms with E-state index in [2.05, 4.69) is 0 Å². The van der Waals surface area contributed by atoms with Crippen LogP contribution in [0.4, 0.5) is 0 Å². The predicted molar refractivity (Wildman–Crippen MR) is 64.4 cm³/mol. The normalized spacial score (nSPS) is 13.5. The zero-order chi connectivity index (χ0) is 12.2. The number of rotatable bonds is 3. The molecule has 0 aromatic heterocycles. The predicted octanol–water partition coefficient (Wildman–Crippen LogP) is 3.69. The van der Waals surface area contributed by atoms with Crippen LogP contribution in [-0.2, 0) is 4.57 Å². The molecule has 3 nitrogen and oxygen atoms in total. The van der Waals surface area contributed by atoms with E-state index in [9.17, 15) is 9.46 Å². The van der Waals surface area contributed by atoms with Gasteiger partial charge in [0.2, 0.25) is 5.31 Å². The van der Waals surface area contributed by atoms with Gasteiger partial charge in [0.15, 0.2) is 0 Å². The second-order valence-electron chi connectivity index (χ2n) is 4.46. The van der Waals surface area contributed by atoms with E-state index in [0.29, 0.717) is 11.1 Å². The van der Waals surface area contributed by atoms with E-state index in [1.807, 2.05) is 39.0 Å². The molecule has 16 heavy (non-hydrogen) atoms. The van der Waals surface area contributed by atoms with E-state index in [1.165, 1.54) is 6.26 Å². The third kappa shape index (κ3) is 3.76. The molecule has 1 atom stereocenters. The molecule has 0 saturated carbocycles. The van der Waals surface area contributed by atoms with Crippen molar-refractivity contribution in [2.45, 2.75) is 20.8 Å². The lowest BCUT2D eigenvalue weighted by Gasteiger charge is -2.12. The van der Waals surface area contributed by atoms with Crippen molar-refractivity contribution in [1.82, 2.24) is 0 Å². The highest BCUT2D eigenvalue weighted by molar-refractivity contribution is 7.43. The third-order valence-corrected chi connectivity index (χ3v) is 3.21. The van der Waals surface area contributed by atoms with E-state index in [-0.39, 0.29) is 5.41 Å². The van der Waals surface area contributed by atoms with Crippen molar-refractivity contribution in [2.75, 3.05) is 0 Å². The maximum absolute atomic E-state index is 11.2. The van der Waals surface area contributed by atoms with Gasteiger partial charge in [-0.2, -0.15) is 4.89 Å². The molecule has 1 rings (SSSR count). The Morgan fingerprint density at radius 2 is 1.88 bits per heavy atom. The molecule has 1 aromatic carbocycles. The summed E-state index contributed by atoms with van der Waals surface area (Å²) < 4.78 is 16.5.